The fourth-order valence-electron chi connectivity index (χ4n) is 1.26. The van der Waals surface area contributed by atoms with Crippen molar-refractivity contribution in [1.82, 2.24) is 10.3 Å². The Bertz CT molecular complexity index is 379. The second-order valence-corrected chi connectivity index (χ2v) is 5.14. The number of aromatic nitrogens is 1. The molecule has 0 saturated carbocycles. The van der Waals surface area contributed by atoms with E-state index in [4.69, 9.17) is 10.2 Å². The number of aryl methyl sites for hydroxylation is 1. The van der Waals surface area contributed by atoms with E-state index in [1.807, 2.05) is 27.7 Å². The van der Waals surface area contributed by atoms with Crippen molar-refractivity contribution in [3.8, 4) is 0 Å². The summed E-state index contributed by atoms with van der Waals surface area (Å²) < 4.78 is 5.38. The largest absolute Gasteiger partial charge is 0.444 e. The Morgan fingerprint density at radius 2 is 2.24 bits per heavy atom. The van der Waals surface area contributed by atoms with Gasteiger partial charge in [-0.2, -0.15) is 0 Å². The van der Waals surface area contributed by atoms with Crippen LogP contribution in [0.25, 0.3) is 0 Å². The molecule has 1 rings (SSSR count). The van der Waals surface area contributed by atoms with E-state index in [1.165, 1.54) is 0 Å². The summed E-state index contributed by atoms with van der Waals surface area (Å²) >= 11 is 0. The van der Waals surface area contributed by atoms with Crippen LogP contribution >= 0.6 is 0 Å². The number of carbonyl (C=O) groups excluding carboxylic acids is 1. The van der Waals surface area contributed by atoms with E-state index in [0.717, 1.165) is 12.2 Å². The minimum absolute atomic E-state index is 0.186. The third-order valence-electron chi connectivity index (χ3n) is 2.58. The van der Waals surface area contributed by atoms with Crippen molar-refractivity contribution < 1.29 is 9.21 Å². The Balaban J connectivity index is 2.48. The molecule has 1 amide bonds. The highest BCUT2D eigenvalue weighted by atomic mass is 16.4. The van der Waals surface area contributed by atoms with Crippen LogP contribution in [0.15, 0.2) is 10.6 Å². The fourth-order valence-corrected chi connectivity index (χ4v) is 1.26. The molecule has 0 unspecified atom stereocenters. The SMILES string of the molecule is CCc1cnc(CNC(=O)[C@H](N)C(C)(C)C)o1. The summed E-state index contributed by atoms with van der Waals surface area (Å²) in [7, 11) is 0. The molecule has 96 valence electrons. The molecule has 0 aliphatic carbocycles. The van der Waals surface area contributed by atoms with Crippen LogP contribution in [0, 0.1) is 5.41 Å². The lowest BCUT2D eigenvalue weighted by molar-refractivity contribution is -0.124. The number of rotatable bonds is 4. The van der Waals surface area contributed by atoms with E-state index in [-0.39, 0.29) is 17.9 Å². The highest BCUT2D eigenvalue weighted by molar-refractivity contribution is 5.82. The molecule has 3 N–H and O–H groups in total. The van der Waals surface area contributed by atoms with Crippen molar-refractivity contribution in [2.45, 2.75) is 46.7 Å². The predicted molar refractivity (Wildman–Crippen MR) is 65.2 cm³/mol. The lowest BCUT2D eigenvalue weighted by Gasteiger charge is -2.25. The van der Waals surface area contributed by atoms with Crippen LogP contribution in [0.4, 0.5) is 0 Å². The molecule has 0 aliphatic rings. The van der Waals surface area contributed by atoms with Gasteiger partial charge in [0.1, 0.15) is 5.76 Å². The summed E-state index contributed by atoms with van der Waals surface area (Å²) in [5, 5.41) is 2.72. The third kappa shape index (κ3) is 3.85. The first-order valence-corrected chi connectivity index (χ1v) is 5.81. The summed E-state index contributed by atoms with van der Waals surface area (Å²) in [4.78, 5) is 15.8. The Morgan fingerprint density at radius 3 is 2.71 bits per heavy atom. The number of carbonyl (C=O) groups is 1. The smallest absolute Gasteiger partial charge is 0.237 e. The van der Waals surface area contributed by atoms with E-state index >= 15 is 0 Å². The lowest BCUT2D eigenvalue weighted by atomic mass is 9.87. The zero-order valence-electron chi connectivity index (χ0n) is 10.9. The molecular formula is C12H21N3O2. The van der Waals surface area contributed by atoms with Gasteiger partial charge < -0.3 is 15.5 Å². The van der Waals surface area contributed by atoms with Crippen molar-refractivity contribution in [2.24, 2.45) is 11.1 Å². The molecule has 0 bridgehead atoms. The zero-order chi connectivity index (χ0) is 13.1. The molecule has 0 saturated heterocycles. The van der Waals surface area contributed by atoms with Crippen molar-refractivity contribution in [3.63, 3.8) is 0 Å². The highest BCUT2D eigenvalue weighted by Crippen LogP contribution is 2.17. The number of nitrogens with one attached hydrogen (secondary N) is 1. The average molecular weight is 239 g/mol. The summed E-state index contributed by atoms with van der Waals surface area (Å²) in [5.74, 6) is 1.14. The van der Waals surface area contributed by atoms with Gasteiger partial charge in [-0.1, -0.05) is 27.7 Å². The van der Waals surface area contributed by atoms with E-state index in [9.17, 15) is 4.79 Å². The fraction of sp³-hybridized carbons (Fsp3) is 0.667. The minimum atomic E-state index is -0.539. The second-order valence-electron chi connectivity index (χ2n) is 5.14. The van der Waals surface area contributed by atoms with Crippen molar-refractivity contribution >= 4 is 5.91 Å². The van der Waals surface area contributed by atoms with Crippen molar-refractivity contribution in [3.05, 3.63) is 17.8 Å². The molecule has 0 aliphatic heterocycles. The molecule has 0 fully saturated rings. The number of nitrogens with zero attached hydrogens (tertiary/aromatic N) is 1. The van der Waals surface area contributed by atoms with Gasteiger partial charge in [0.2, 0.25) is 11.8 Å². The summed E-state index contributed by atoms with van der Waals surface area (Å²) in [6, 6.07) is -0.539. The van der Waals surface area contributed by atoms with Crippen molar-refractivity contribution in [1.29, 1.82) is 0 Å². The monoisotopic (exact) mass is 239 g/mol. The predicted octanol–water partition coefficient (Wildman–Crippen LogP) is 1.23. The highest BCUT2D eigenvalue weighted by Gasteiger charge is 2.27. The van der Waals surface area contributed by atoms with Crippen LogP contribution in [0.5, 0.6) is 0 Å². The number of hydrogen-bond donors (Lipinski definition) is 2. The van der Waals surface area contributed by atoms with Crippen LogP contribution in [-0.2, 0) is 17.8 Å². The van der Waals surface area contributed by atoms with Crippen LogP contribution in [-0.4, -0.2) is 16.9 Å². The minimum Gasteiger partial charge on any atom is -0.444 e. The van der Waals surface area contributed by atoms with Gasteiger partial charge in [-0.3, -0.25) is 4.79 Å². The number of oxazole rings is 1. The molecule has 5 heteroatoms. The van der Waals surface area contributed by atoms with Gasteiger partial charge >= 0.3 is 0 Å². The first-order valence-electron chi connectivity index (χ1n) is 5.81. The van der Waals surface area contributed by atoms with Crippen LogP contribution in [0.1, 0.15) is 39.3 Å². The maximum atomic E-state index is 11.7. The molecule has 5 nitrogen and oxygen atoms in total. The van der Waals surface area contributed by atoms with Gasteiger partial charge in [0.05, 0.1) is 18.8 Å². The van der Waals surface area contributed by atoms with E-state index < -0.39 is 6.04 Å². The molecule has 1 aromatic rings. The van der Waals surface area contributed by atoms with Gasteiger partial charge in [0, 0.05) is 6.42 Å². The average Bonchev–Trinajstić information content (AvgIpc) is 2.71. The van der Waals surface area contributed by atoms with Gasteiger partial charge in [0.15, 0.2) is 0 Å². The molecule has 17 heavy (non-hydrogen) atoms. The Morgan fingerprint density at radius 1 is 1.59 bits per heavy atom. The number of nitrogens with two attached hydrogens (primary N) is 1. The Hall–Kier alpha value is -1.36. The maximum Gasteiger partial charge on any atom is 0.237 e. The van der Waals surface area contributed by atoms with Crippen LogP contribution in [0.2, 0.25) is 0 Å². The Kier molecular flexibility index (Phi) is 4.28. The van der Waals surface area contributed by atoms with Gasteiger partial charge in [-0.05, 0) is 5.41 Å². The first kappa shape index (κ1) is 13.7. The van der Waals surface area contributed by atoms with Gasteiger partial charge in [-0.15, -0.1) is 0 Å². The van der Waals surface area contributed by atoms with Crippen LogP contribution in [0.3, 0.4) is 0 Å². The van der Waals surface area contributed by atoms with E-state index in [1.54, 1.807) is 6.20 Å². The molecule has 0 aromatic carbocycles. The normalized spacial score (nSPS) is 13.5. The van der Waals surface area contributed by atoms with E-state index in [0.29, 0.717) is 5.89 Å². The molecule has 1 heterocycles. The van der Waals surface area contributed by atoms with Gasteiger partial charge in [-0.25, -0.2) is 4.98 Å². The standard InChI is InChI=1S/C12H21N3O2/c1-5-8-6-14-9(17-8)7-15-11(16)10(13)12(2,3)4/h6,10H,5,7,13H2,1-4H3,(H,15,16)/t10-/m0/s1. The summed E-state index contributed by atoms with van der Waals surface area (Å²) in [6.07, 6.45) is 2.47. The third-order valence-corrected chi connectivity index (χ3v) is 2.58. The molecule has 1 aromatic heterocycles. The number of hydrogen-bond acceptors (Lipinski definition) is 4. The molecular weight excluding hydrogens is 218 g/mol. The lowest BCUT2D eigenvalue weighted by Crippen LogP contribution is -2.48. The molecule has 0 radical (unpaired) electrons. The summed E-state index contributed by atoms with van der Waals surface area (Å²) in [6.45, 7) is 8.05. The Labute approximate surface area is 102 Å². The zero-order valence-corrected chi connectivity index (χ0v) is 10.9. The quantitative estimate of drug-likeness (QED) is 0.828. The molecule has 0 spiro atoms. The second kappa shape index (κ2) is 5.31. The number of amides is 1. The molecule has 1 atom stereocenters. The van der Waals surface area contributed by atoms with Crippen LogP contribution < -0.4 is 11.1 Å². The summed E-state index contributed by atoms with van der Waals surface area (Å²) in [5.41, 5.74) is 5.57. The van der Waals surface area contributed by atoms with E-state index in [2.05, 4.69) is 10.3 Å². The van der Waals surface area contributed by atoms with Gasteiger partial charge in [0.25, 0.3) is 0 Å². The van der Waals surface area contributed by atoms with Crippen molar-refractivity contribution in [2.75, 3.05) is 0 Å². The first-order chi connectivity index (χ1) is 7.84. The maximum absolute atomic E-state index is 11.7. The topological polar surface area (TPSA) is 81.2 Å².